The molecular formula is C32H32BrClN4O7. The number of urea groups is 1. The highest BCUT2D eigenvalue weighted by Crippen LogP contribution is 2.36. The third-order valence-electron chi connectivity index (χ3n) is 6.53. The Morgan fingerprint density at radius 3 is 2.60 bits per heavy atom. The molecule has 13 heteroatoms. The van der Waals surface area contributed by atoms with E-state index in [1.54, 1.807) is 44.2 Å². The fourth-order valence-corrected chi connectivity index (χ4v) is 5.50. The maximum absolute atomic E-state index is 12.6. The molecule has 0 bridgehead atoms. The molecule has 3 aromatic rings. The van der Waals surface area contributed by atoms with E-state index in [2.05, 4.69) is 37.1 Å². The van der Waals surface area contributed by atoms with E-state index in [-0.39, 0.29) is 24.5 Å². The van der Waals surface area contributed by atoms with Crippen LogP contribution >= 0.6 is 27.5 Å². The largest absolute Gasteiger partial charge is 0.493 e. The van der Waals surface area contributed by atoms with E-state index < -0.39 is 23.9 Å². The number of rotatable bonds is 12. The predicted octanol–water partition coefficient (Wildman–Crippen LogP) is 5.72. The molecule has 3 aromatic carbocycles. The van der Waals surface area contributed by atoms with Crippen LogP contribution in [0.5, 0.6) is 17.2 Å². The second-order valence-corrected chi connectivity index (χ2v) is 11.1. The number of hydrogen-bond donors (Lipinski definition) is 3. The minimum Gasteiger partial charge on any atom is -0.493 e. The Bertz CT molecular complexity index is 1640. The number of esters is 1. The van der Waals surface area contributed by atoms with Gasteiger partial charge in [0.05, 0.1) is 41.0 Å². The van der Waals surface area contributed by atoms with Gasteiger partial charge in [-0.2, -0.15) is 5.10 Å². The zero-order valence-electron chi connectivity index (χ0n) is 25.0. The van der Waals surface area contributed by atoms with Crippen molar-refractivity contribution in [1.29, 1.82) is 0 Å². The van der Waals surface area contributed by atoms with E-state index in [1.807, 2.05) is 31.2 Å². The van der Waals surface area contributed by atoms with E-state index in [9.17, 15) is 14.4 Å². The number of aryl methyl sites for hydroxylation is 1. The van der Waals surface area contributed by atoms with E-state index in [1.165, 1.54) is 13.3 Å². The van der Waals surface area contributed by atoms with Crippen molar-refractivity contribution >= 4 is 51.7 Å². The number of hydrazone groups is 1. The Kier molecular flexibility index (Phi) is 11.4. The number of nitrogens with one attached hydrogen (secondary N) is 3. The van der Waals surface area contributed by atoms with Gasteiger partial charge in [-0.1, -0.05) is 47.5 Å². The monoisotopic (exact) mass is 698 g/mol. The lowest BCUT2D eigenvalue weighted by Crippen LogP contribution is -2.45. The van der Waals surface area contributed by atoms with Crippen molar-refractivity contribution in [2.75, 3.05) is 20.3 Å². The summed E-state index contributed by atoms with van der Waals surface area (Å²) < 4.78 is 22.8. The average molecular weight is 700 g/mol. The first-order valence-corrected chi connectivity index (χ1v) is 15.0. The normalized spacial score (nSPS) is 14.4. The van der Waals surface area contributed by atoms with Crippen LogP contribution in [0.15, 0.2) is 75.4 Å². The Balaban J connectivity index is 1.36. The molecule has 1 aliphatic rings. The fourth-order valence-electron chi connectivity index (χ4n) is 4.51. The highest BCUT2D eigenvalue weighted by Gasteiger charge is 2.32. The third kappa shape index (κ3) is 8.77. The molecule has 1 aliphatic heterocycles. The maximum atomic E-state index is 12.6. The number of allylic oxidation sites excluding steroid dienone is 1. The van der Waals surface area contributed by atoms with Crippen molar-refractivity contribution in [2.45, 2.75) is 33.4 Å². The molecule has 0 aromatic heterocycles. The lowest BCUT2D eigenvalue weighted by molar-refractivity contribution is -0.139. The zero-order chi connectivity index (χ0) is 32.5. The first kappa shape index (κ1) is 33.3. The van der Waals surface area contributed by atoms with Crippen LogP contribution in [-0.2, 0) is 20.9 Å². The lowest BCUT2D eigenvalue weighted by atomic mass is 9.95. The molecule has 3 N–H and O–H groups in total. The lowest BCUT2D eigenvalue weighted by Gasteiger charge is -2.28. The first-order valence-electron chi connectivity index (χ1n) is 13.8. The number of nitrogens with zero attached hydrogens (tertiary/aromatic N) is 1. The smallest absolute Gasteiger partial charge is 0.338 e. The molecule has 4 rings (SSSR count). The van der Waals surface area contributed by atoms with Crippen molar-refractivity contribution in [1.82, 2.24) is 16.1 Å². The molecule has 0 radical (unpaired) electrons. The van der Waals surface area contributed by atoms with Gasteiger partial charge in [-0.15, -0.1) is 0 Å². The molecular weight excluding hydrogens is 668 g/mol. The summed E-state index contributed by atoms with van der Waals surface area (Å²) in [6.45, 7) is 5.52. The van der Waals surface area contributed by atoms with Crippen LogP contribution in [0.1, 0.15) is 42.1 Å². The average Bonchev–Trinajstić information content (AvgIpc) is 2.99. The quantitative estimate of drug-likeness (QED) is 0.125. The van der Waals surface area contributed by atoms with Crippen LogP contribution in [-0.4, -0.2) is 44.4 Å². The van der Waals surface area contributed by atoms with Gasteiger partial charge in [0.25, 0.3) is 5.91 Å². The molecule has 11 nitrogen and oxygen atoms in total. The molecule has 0 unspecified atom stereocenters. The Hall–Kier alpha value is -4.55. The number of hydrogen-bond acceptors (Lipinski definition) is 8. The number of carbonyl (C=O) groups is 3. The van der Waals surface area contributed by atoms with Gasteiger partial charge >= 0.3 is 12.0 Å². The molecule has 0 spiro atoms. The Morgan fingerprint density at radius 2 is 1.89 bits per heavy atom. The topological polar surface area (TPSA) is 137 Å². The molecule has 1 atom stereocenters. The number of ether oxygens (including phenoxy) is 4. The van der Waals surface area contributed by atoms with Gasteiger partial charge in [0.2, 0.25) is 0 Å². The molecule has 236 valence electrons. The van der Waals surface area contributed by atoms with Crippen molar-refractivity contribution in [2.24, 2.45) is 5.10 Å². The van der Waals surface area contributed by atoms with Crippen LogP contribution < -0.4 is 30.3 Å². The number of methoxy groups -OCH3 is 1. The summed E-state index contributed by atoms with van der Waals surface area (Å²) in [6.07, 6.45) is 1.44. The second kappa shape index (κ2) is 15.4. The third-order valence-corrected chi connectivity index (χ3v) is 7.40. The van der Waals surface area contributed by atoms with E-state index >= 15 is 0 Å². The second-order valence-electron chi connectivity index (χ2n) is 9.87. The highest BCUT2D eigenvalue weighted by molar-refractivity contribution is 9.10. The van der Waals surface area contributed by atoms with E-state index in [4.69, 9.17) is 30.5 Å². The molecule has 3 amide bonds. The van der Waals surface area contributed by atoms with Crippen molar-refractivity contribution < 1.29 is 33.3 Å². The van der Waals surface area contributed by atoms with Gasteiger partial charge in [-0.05, 0) is 77.7 Å². The summed E-state index contributed by atoms with van der Waals surface area (Å²) in [5.74, 6) is -0.00774. The Morgan fingerprint density at radius 1 is 1.09 bits per heavy atom. The van der Waals surface area contributed by atoms with Gasteiger partial charge in [0, 0.05) is 5.70 Å². The van der Waals surface area contributed by atoms with Crippen LogP contribution in [0, 0.1) is 6.92 Å². The summed E-state index contributed by atoms with van der Waals surface area (Å²) in [5.41, 5.74) is 6.41. The maximum Gasteiger partial charge on any atom is 0.338 e. The fraction of sp³-hybridized carbons (Fsp3) is 0.250. The number of benzene rings is 3. The number of halogens is 2. The van der Waals surface area contributed by atoms with Gasteiger partial charge in [-0.3, -0.25) is 4.79 Å². The molecule has 1 heterocycles. The Labute approximate surface area is 274 Å². The van der Waals surface area contributed by atoms with Gasteiger partial charge < -0.3 is 29.6 Å². The van der Waals surface area contributed by atoms with Crippen LogP contribution in [0.2, 0.25) is 5.02 Å². The molecule has 0 saturated heterocycles. The summed E-state index contributed by atoms with van der Waals surface area (Å²) in [6, 6.07) is 15.1. The summed E-state index contributed by atoms with van der Waals surface area (Å²) in [5, 5.41) is 9.69. The summed E-state index contributed by atoms with van der Waals surface area (Å²) in [7, 11) is 1.44. The van der Waals surface area contributed by atoms with Crippen molar-refractivity contribution in [3.05, 3.63) is 97.6 Å². The number of amides is 3. The molecule has 45 heavy (non-hydrogen) atoms. The summed E-state index contributed by atoms with van der Waals surface area (Å²) >= 11 is 9.93. The van der Waals surface area contributed by atoms with Gasteiger partial charge in [0.15, 0.2) is 23.9 Å². The SMILES string of the molecule is CCOC(=O)C1=C(C)NC(=O)N[C@@H]1c1ccc(OCC(=O)N/N=C\c2cc(Cl)c(OCc3cccc(C)c3)c(Br)c2)c(OC)c1. The summed E-state index contributed by atoms with van der Waals surface area (Å²) in [4.78, 5) is 37.2. The first-order chi connectivity index (χ1) is 21.6. The van der Waals surface area contributed by atoms with Crippen molar-refractivity contribution in [3.8, 4) is 17.2 Å². The van der Waals surface area contributed by atoms with Gasteiger partial charge in [-0.25, -0.2) is 15.0 Å². The van der Waals surface area contributed by atoms with Gasteiger partial charge in [0.1, 0.15) is 6.61 Å². The standard InChI is InChI=1S/C32H32BrClN4O7/c1-5-43-31(40)28-19(3)36-32(41)37-29(28)22-9-10-25(26(14-22)42-4)44-17-27(39)38-35-15-21-12-23(33)30(24(34)13-21)45-16-20-8-6-7-18(2)11-20/h6-15,29H,5,16-17H2,1-4H3,(H,38,39)(H2,36,37,41)/b35-15-/t29-/m1/s1. The van der Waals surface area contributed by atoms with Crippen LogP contribution in [0.3, 0.4) is 0 Å². The number of carbonyl (C=O) groups excluding carboxylic acids is 3. The molecule has 0 saturated carbocycles. The van der Waals surface area contributed by atoms with E-state index in [0.29, 0.717) is 44.4 Å². The highest BCUT2D eigenvalue weighted by atomic mass is 79.9. The van der Waals surface area contributed by atoms with Crippen LogP contribution in [0.4, 0.5) is 4.79 Å². The minimum absolute atomic E-state index is 0.181. The van der Waals surface area contributed by atoms with E-state index in [0.717, 1.165) is 11.1 Å². The molecule has 0 fully saturated rings. The zero-order valence-corrected chi connectivity index (χ0v) is 27.4. The predicted molar refractivity (Wildman–Crippen MR) is 173 cm³/mol. The molecule has 0 aliphatic carbocycles. The minimum atomic E-state index is -0.777. The van der Waals surface area contributed by atoms with Crippen LogP contribution in [0.25, 0.3) is 0 Å². The van der Waals surface area contributed by atoms with Crippen molar-refractivity contribution in [3.63, 3.8) is 0 Å².